The molecule has 0 radical (unpaired) electrons. The molecule has 4 amide bonds. The third kappa shape index (κ3) is 9.16. The predicted molar refractivity (Wildman–Crippen MR) is 138 cm³/mol. The van der Waals surface area contributed by atoms with E-state index < -0.39 is 32.1 Å². The van der Waals surface area contributed by atoms with Gasteiger partial charge in [-0.1, -0.05) is 48.2 Å². The number of benzene rings is 2. The molecule has 198 valence electrons. The number of sulfonamides is 2. The monoisotopic (exact) mass is 578 g/mol. The third-order valence-corrected chi connectivity index (χ3v) is 8.51. The number of amides is 4. The molecular weight excluding hydrogens is 551 g/mol. The van der Waals surface area contributed by atoms with Crippen molar-refractivity contribution in [2.24, 2.45) is 0 Å². The molecule has 10 nitrogen and oxygen atoms in total. The number of carbonyl (C=O) groups is 2. The van der Waals surface area contributed by atoms with Crippen LogP contribution in [0, 0.1) is 13.8 Å². The van der Waals surface area contributed by atoms with Gasteiger partial charge in [0.15, 0.2) is 0 Å². The minimum atomic E-state index is -4.04. The molecule has 0 unspecified atom stereocenters. The van der Waals surface area contributed by atoms with Crippen molar-refractivity contribution >= 4 is 55.3 Å². The summed E-state index contributed by atoms with van der Waals surface area (Å²) in [6, 6.07) is 6.67. The average molecular weight is 580 g/mol. The second-order valence-corrected chi connectivity index (χ2v) is 12.1. The number of carbonyl (C=O) groups excluding carboxylic acids is 2. The van der Waals surface area contributed by atoms with Crippen LogP contribution in [0.3, 0.4) is 0 Å². The van der Waals surface area contributed by atoms with Gasteiger partial charge in [0.2, 0.25) is 0 Å². The van der Waals surface area contributed by atoms with E-state index >= 15 is 0 Å². The topological polar surface area (TPSA) is 151 Å². The van der Waals surface area contributed by atoms with Gasteiger partial charge in [0, 0.05) is 23.1 Å². The number of rotatable bonds is 11. The Balaban J connectivity index is 1.61. The number of aryl methyl sites for hydroxylation is 2. The Kier molecular flexibility index (Phi) is 10.8. The first kappa shape index (κ1) is 29.7. The molecule has 14 heteroatoms. The Labute approximate surface area is 221 Å². The lowest BCUT2D eigenvalue weighted by molar-refractivity contribution is 0.244. The van der Waals surface area contributed by atoms with E-state index in [1.165, 1.54) is 24.3 Å². The molecule has 0 aliphatic rings. The fraction of sp³-hybridized carbons (Fsp3) is 0.364. The van der Waals surface area contributed by atoms with E-state index in [2.05, 4.69) is 10.6 Å². The van der Waals surface area contributed by atoms with Crippen LogP contribution in [-0.2, 0) is 20.0 Å². The summed E-state index contributed by atoms with van der Waals surface area (Å²) in [5, 5.41) is 5.51. The Hall–Kier alpha value is -2.54. The minimum Gasteiger partial charge on any atom is -0.337 e. The van der Waals surface area contributed by atoms with E-state index in [1.54, 1.807) is 26.0 Å². The average Bonchev–Trinajstić information content (AvgIpc) is 2.78. The van der Waals surface area contributed by atoms with E-state index in [-0.39, 0.29) is 32.9 Å². The molecular formula is C22H28Cl2N4O6S2. The first-order valence-corrected chi connectivity index (χ1v) is 14.7. The number of halogens is 2. The first-order valence-electron chi connectivity index (χ1n) is 11.0. The Morgan fingerprint density at radius 1 is 0.667 bits per heavy atom. The van der Waals surface area contributed by atoms with Crippen molar-refractivity contribution in [3.63, 3.8) is 0 Å². The fourth-order valence-corrected chi connectivity index (χ4v) is 5.32. The van der Waals surface area contributed by atoms with Crippen molar-refractivity contribution < 1.29 is 26.4 Å². The second kappa shape index (κ2) is 13.1. The lowest BCUT2D eigenvalue weighted by Crippen LogP contribution is -2.40. The summed E-state index contributed by atoms with van der Waals surface area (Å²) in [5.41, 5.74) is 1.43. The SMILES string of the molecule is Cc1ccc(S(=O)(=O)NC(=O)NCCCCCCNC(=O)NS(=O)(=O)c2ccc(C)c(Cl)c2)cc1Cl. The Bertz CT molecular complexity index is 1220. The van der Waals surface area contributed by atoms with Crippen molar-refractivity contribution in [3.05, 3.63) is 57.6 Å². The molecule has 0 aliphatic carbocycles. The molecule has 0 atom stereocenters. The molecule has 0 bridgehead atoms. The summed E-state index contributed by atoms with van der Waals surface area (Å²) in [7, 11) is -8.08. The highest BCUT2D eigenvalue weighted by atomic mass is 35.5. The molecule has 2 aromatic rings. The maximum atomic E-state index is 12.3. The summed E-state index contributed by atoms with van der Waals surface area (Å²) >= 11 is 11.9. The fourth-order valence-electron chi connectivity index (χ4n) is 2.92. The summed E-state index contributed by atoms with van der Waals surface area (Å²) in [6.45, 7) is 3.97. The van der Waals surface area contributed by atoms with Gasteiger partial charge in [0.25, 0.3) is 20.0 Å². The molecule has 0 fully saturated rings. The van der Waals surface area contributed by atoms with Gasteiger partial charge in [0.05, 0.1) is 9.79 Å². The van der Waals surface area contributed by atoms with Gasteiger partial charge in [-0.3, -0.25) is 0 Å². The molecule has 0 saturated carbocycles. The minimum absolute atomic E-state index is 0.111. The summed E-state index contributed by atoms with van der Waals surface area (Å²) in [4.78, 5) is 23.6. The van der Waals surface area contributed by atoms with E-state index in [1.807, 2.05) is 9.44 Å². The van der Waals surface area contributed by atoms with Crippen molar-refractivity contribution in [3.8, 4) is 0 Å². The normalized spacial score (nSPS) is 11.6. The van der Waals surface area contributed by atoms with Crippen LogP contribution in [0.1, 0.15) is 36.8 Å². The summed E-state index contributed by atoms with van der Waals surface area (Å²) < 4.78 is 52.9. The standard InChI is InChI=1S/C22H28Cl2N4O6S2/c1-15-7-9-17(13-19(15)23)35(31,32)27-21(29)25-11-5-3-4-6-12-26-22(30)28-36(33,34)18-10-8-16(2)20(24)14-18/h7-10,13-14H,3-6,11-12H2,1-2H3,(H2,25,27,29)(H2,26,28,30). The molecule has 0 spiro atoms. The number of hydrogen-bond acceptors (Lipinski definition) is 6. The van der Waals surface area contributed by atoms with Gasteiger partial charge in [-0.2, -0.15) is 0 Å². The smallest absolute Gasteiger partial charge is 0.328 e. The summed E-state index contributed by atoms with van der Waals surface area (Å²) in [5.74, 6) is 0. The number of unbranched alkanes of at least 4 members (excludes halogenated alkanes) is 3. The third-order valence-electron chi connectivity index (χ3n) is 5.04. The van der Waals surface area contributed by atoms with Gasteiger partial charge in [-0.15, -0.1) is 0 Å². The van der Waals surface area contributed by atoms with E-state index in [4.69, 9.17) is 23.2 Å². The Morgan fingerprint density at radius 2 is 1.03 bits per heavy atom. The van der Waals surface area contributed by atoms with Crippen LogP contribution in [0.25, 0.3) is 0 Å². The largest absolute Gasteiger partial charge is 0.337 e. The van der Waals surface area contributed by atoms with Crippen molar-refractivity contribution in [1.82, 2.24) is 20.1 Å². The van der Waals surface area contributed by atoms with Crippen LogP contribution >= 0.6 is 23.2 Å². The zero-order valence-electron chi connectivity index (χ0n) is 19.7. The number of hydrogen-bond donors (Lipinski definition) is 4. The zero-order valence-corrected chi connectivity index (χ0v) is 22.9. The zero-order chi connectivity index (χ0) is 26.9. The van der Waals surface area contributed by atoms with E-state index in [0.29, 0.717) is 36.8 Å². The van der Waals surface area contributed by atoms with Crippen molar-refractivity contribution in [2.45, 2.75) is 49.3 Å². The molecule has 0 heterocycles. The van der Waals surface area contributed by atoms with Crippen LogP contribution < -0.4 is 20.1 Å². The highest BCUT2D eigenvalue weighted by Crippen LogP contribution is 2.20. The maximum absolute atomic E-state index is 12.3. The molecule has 4 N–H and O–H groups in total. The van der Waals surface area contributed by atoms with Crippen LogP contribution in [-0.4, -0.2) is 42.0 Å². The molecule has 2 aromatic carbocycles. The van der Waals surface area contributed by atoms with Crippen LogP contribution in [0.5, 0.6) is 0 Å². The van der Waals surface area contributed by atoms with Gasteiger partial charge >= 0.3 is 12.1 Å². The highest BCUT2D eigenvalue weighted by Gasteiger charge is 2.19. The van der Waals surface area contributed by atoms with Gasteiger partial charge in [0.1, 0.15) is 0 Å². The van der Waals surface area contributed by atoms with E-state index in [0.717, 1.165) is 0 Å². The molecule has 36 heavy (non-hydrogen) atoms. The summed E-state index contributed by atoms with van der Waals surface area (Å²) in [6.07, 6.45) is 2.56. The molecule has 0 aromatic heterocycles. The van der Waals surface area contributed by atoms with Gasteiger partial charge in [-0.05, 0) is 62.1 Å². The Morgan fingerprint density at radius 3 is 1.36 bits per heavy atom. The molecule has 2 rings (SSSR count). The lowest BCUT2D eigenvalue weighted by atomic mass is 10.2. The van der Waals surface area contributed by atoms with Gasteiger partial charge in [-0.25, -0.2) is 35.9 Å². The van der Waals surface area contributed by atoms with Gasteiger partial charge < -0.3 is 10.6 Å². The number of urea groups is 2. The first-order chi connectivity index (χ1) is 16.8. The highest BCUT2D eigenvalue weighted by molar-refractivity contribution is 7.90. The molecule has 0 aliphatic heterocycles. The van der Waals surface area contributed by atoms with Crippen LogP contribution in [0.15, 0.2) is 46.2 Å². The van der Waals surface area contributed by atoms with Crippen LogP contribution in [0.2, 0.25) is 10.0 Å². The van der Waals surface area contributed by atoms with Crippen molar-refractivity contribution in [1.29, 1.82) is 0 Å². The predicted octanol–water partition coefficient (Wildman–Crippen LogP) is 3.85. The lowest BCUT2D eigenvalue weighted by Gasteiger charge is -2.10. The van der Waals surface area contributed by atoms with E-state index in [9.17, 15) is 26.4 Å². The van der Waals surface area contributed by atoms with Crippen LogP contribution in [0.4, 0.5) is 9.59 Å². The quantitative estimate of drug-likeness (QED) is 0.297. The maximum Gasteiger partial charge on any atom is 0.328 e. The van der Waals surface area contributed by atoms with Crippen molar-refractivity contribution in [2.75, 3.05) is 13.1 Å². The molecule has 0 saturated heterocycles. The second-order valence-electron chi connectivity index (χ2n) is 7.96. The number of nitrogens with one attached hydrogen (secondary N) is 4.